The molecule has 0 aliphatic rings. The van der Waals surface area contributed by atoms with Crippen molar-refractivity contribution in [3.8, 4) is 0 Å². The average Bonchev–Trinajstić information content (AvgIpc) is 2.33. The average molecular weight is 318 g/mol. The van der Waals surface area contributed by atoms with Gasteiger partial charge in [-0.25, -0.2) is 4.98 Å². The van der Waals surface area contributed by atoms with Crippen molar-refractivity contribution in [2.24, 2.45) is 5.73 Å². The zero-order valence-electron chi connectivity index (χ0n) is 8.81. The number of pyridine rings is 1. The van der Waals surface area contributed by atoms with E-state index in [0.29, 0.717) is 10.2 Å². The zero-order chi connectivity index (χ0) is 11.5. The van der Waals surface area contributed by atoms with Gasteiger partial charge in [0.25, 0.3) is 0 Å². The van der Waals surface area contributed by atoms with E-state index in [4.69, 9.17) is 5.73 Å². The highest BCUT2D eigenvalue weighted by Gasteiger charge is 2.11. The Labute approximate surface area is 114 Å². The number of hydrogen-bond donors (Lipinski definition) is 1. The highest BCUT2D eigenvalue weighted by Crippen LogP contribution is 2.20. The fraction of sp³-hybridized carbons (Fsp3) is 0.0833. The third-order valence-electron chi connectivity index (χ3n) is 2.30. The second-order valence-electron chi connectivity index (χ2n) is 3.40. The normalized spacial score (nSPS) is 11.7. The third-order valence-corrected chi connectivity index (χ3v) is 2.89. The lowest BCUT2D eigenvalue weighted by Crippen LogP contribution is -2.14. The van der Waals surface area contributed by atoms with Gasteiger partial charge in [0.2, 0.25) is 5.95 Å². The van der Waals surface area contributed by atoms with Crippen LogP contribution >= 0.6 is 28.3 Å². The van der Waals surface area contributed by atoms with E-state index in [1.165, 1.54) is 0 Å². The maximum Gasteiger partial charge on any atom is 0.227 e. The first kappa shape index (κ1) is 14.1. The summed E-state index contributed by atoms with van der Waals surface area (Å²) in [6.45, 7) is 0. The van der Waals surface area contributed by atoms with E-state index in [2.05, 4.69) is 20.9 Å². The van der Waals surface area contributed by atoms with Crippen LogP contribution in [0.3, 0.4) is 0 Å². The Hall–Kier alpha value is -0.970. The van der Waals surface area contributed by atoms with E-state index in [1.54, 1.807) is 12.1 Å². The molecule has 2 N–H and O–H groups in total. The molecule has 0 unspecified atom stereocenters. The highest BCUT2D eigenvalue weighted by molar-refractivity contribution is 9.10. The van der Waals surface area contributed by atoms with Gasteiger partial charge in [-0.3, -0.25) is 0 Å². The van der Waals surface area contributed by atoms with Gasteiger partial charge in [-0.2, -0.15) is 4.39 Å². The molecule has 1 aromatic carbocycles. The van der Waals surface area contributed by atoms with E-state index < -0.39 is 12.0 Å². The molecule has 0 saturated carbocycles. The molecule has 5 heteroatoms. The number of benzene rings is 1. The lowest BCUT2D eigenvalue weighted by atomic mass is 10.0. The lowest BCUT2D eigenvalue weighted by Gasteiger charge is -2.11. The number of hydrogen-bond acceptors (Lipinski definition) is 2. The number of aromatic nitrogens is 1. The van der Waals surface area contributed by atoms with Crippen LogP contribution in [0.15, 0.2) is 46.9 Å². The lowest BCUT2D eigenvalue weighted by molar-refractivity contribution is 0.565. The Morgan fingerprint density at radius 2 is 1.76 bits per heavy atom. The zero-order valence-corrected chi connectivity index (χ0v) is 11.2. The third kappa shape index (κ3) is 3.25. The fourth-order valence-electron chi connectivity index (χ4n) is 1.44. The van der Waals surface area contributed by atoms with Crippen LogP contribution in [0.4, 0.5) is 4.39 Å². The van der Waals surface area contributed by atoms with E-state index >= 15 is 0 Å². The van der Waals surface area contributed by atoms with Crippen molar-refractivity contribution >= 4 is 28.3 Å². The van der Waals surface area contributed by atoms with Crippen molar-refractivity contribution in [1.82, 2.24) is 4.98 Å². The quantitative estimate of drug-likeness (QED) is 0.862. The molecule has 2 nitrogen and oxygen atoms in total. The van der Waals surface area contributed by atoms with Crippen molar-refractivity contribution in [2.75, 3.05) is 0 Å². The summed E-state index contributed by atoms with van der Waals surface area (Å²) >= 11 is 3.06. The van der Waals surface area contributed by atoms with Gasteiger partial charge in [-0.1, -0.05) is 30.3 Å². The maximum absolute atomic E-state index is 13.2. The van der Waals surface area contributed by atoms with Gasteiger partial charge in [-0.05, 0) is 33.6 Å². The molecule has 0 bridgehead atoms. The molecule has 0 aliphatic carbocycles. The molecule has 0 aliphatic heterocycles. The second kappa shape index (κ2) is 6.10. The minimum absolute atomic E-state index is 0. The van der Waals surface area contributed by atoms with Crippen LogP contribution < -0.4 is 5.73 Å². The summed E-state index contributed by atoms with van der Waals surface area (Å²) in [7, 11) is 0. The number of halogens is 3. The van der Waals surface area contributed by atoms with Crippen LogP contribution in [0.25, 0.3) is 0 Å². The van der Waals surface area contributed by atoms with Crippen molar-refractivity contribution in [3.05, 3.63) is 64.1 Å². The smallest absolute Gasteiger partial charge is 0.227 e. The van der Waals surface area contributed by atoms with Gasteiger partial charge < -0.3 is 5.73 Å². The minimum atomic E-state index is -0.538. The molecule has 90 valence electrons. The molecule has 0 spiro atoms. The van der Waals surface area contributed by atoms with Crippen LogP contribution in [0, 0.1) is 5.95 Å². The van der Waals surface area contributed by atoms with Crippen molar-refractivity contribution in [1.29, 1.82) is 0 Å². The van der Waals surface area contributed by atoms with E-state index in [-0.39, 0.29) is 12.4 Å². The van der Waals surface area contributed by atoms with Gasteiger partial charge in [0, 0.05) is 0 Å². The Kier molecular flexibility index (Phi) is 5.05. The standard InChI is InChI=1S/C12H10BrFN2.ClH/c13-9-6-7-10(16-12(9)14)11(15)8-4-2-1-3-5-8;/h1-7,11H,15H2;1H/t11-;/m0./s1. The Morgan fingerprint density at radius 1 is 1.12 bits per heavy atom. The van der Waals surface area contributed by atoms with E-state index in [9.17, 15) is 4.39 Å². The summed E-state index contributed by atoms with van der Waals surface area (Å²) in [5, 5.41) is 0. The van der Waals surface area contributed by atoms with Crippen molar-refractivity contribution in [3.63, 3.8) is 0 Å². The predicted molar refractivity (Wildman–Crippen MR) is 71.6 cm³/mol. The molecule has 2 aromatic rings. The minimum Gasteiger partial charge on any atom is -0.319 e. The SMILES string of the molecule is Cl.N[C@@H](c1ccccc1)c1ccc(Br)c(F)n1. The highest BCUT2D eigenvalue weighted by atomic mass is 79.9. The first-order valence-corrected chi connectivity index (χ1v) is 5.60. The van der Waals surface area contributed by atoms with E-state index in [0.717, 1.165) is 5.56 Å². The molecule has 0 radical (unpaired) electrons. The van der Waals surface area contributed by atoms with Gasteiger partial charge in [0.15, 0.2) is 0 Å². The van der Waals surface area contributed by atoms with Crippen LogP contribution in [0.1, 0.15) is 17.3 Å². The van der Waals surface area contributed by atoms with Crippen LogP contribution in [0.2, 0.25) is 0 Å². The molecule has 0 amide bonds. The summed E-state index contributed by atoms with van der Waals surface area (Å²) in [5.74, 6) is -0.538. The first-order chi connectivity index (χ1) is 7.68. The largest absolute Gasteiger partial charge is 0.319 e. The first-order valence-electron chi connectivity index (χ1n) is 4.81. The van der Waals surface area contributed by atoms with Gasteiger partial charge >= 0.3 is 0 Å². The van der Waals surface area contributed by atoms with Crippen LogP contribution in [-0.2, 0) is 0 Å². The Balaban J connectivity index is 0.00000144. The van der Waals surface area contributed by atoms with Crippen molar-refractivity contribution < 1.29 is 4.39 Å². The summed E-state index contributed by atoms with van der Waals surface area (Å²) in [5.41, 5.74) is 7.42. The molecule has 0 saturated heterocycles. The molecular formula is C12H11BrClFN2. The van der Waals surface area contributed by atoms with Gasteiger partial charge in [0.1, 0.15) is 0 Å². The molecule has 2 rings (SSSR count). The van der Waals surface area contributed by atoms with E-state index in [1.807, 2.05) is 30.3 Å². The molecular weight excluding hydrogens is 307 g/mol. The number of rotatable bonds is 2. The topological polar surface area (TPSA) is 38.9 Å². The molecule has 17 heavy (non-hydrogen) atoms. The summed E-state index contributed by atoms with van der Waals surface area (Å²) in [6.07, 6.45) is 0. The van der Waals surface area contributed by atoms with Crippen LogP contribution in [0.5, 0.6) is 0 Å². The molecule has 1 heterocycles. The fourth-order valence-corrected chi connectivity index (χ4v) is 1.66. The van der Waals surface area contributed by atoms with Gasteiger partial charge in [0.05, 0.1) is 16.2 Å². The predicted octanol–water partition coefficient (Wildman–Crippen LogP) is 3.45. The Morgan fingerprint density at radius 3 is 2.35 bits per heavy atom. The molecule has 1 aromatic heterocycles. The Bertz CT molecular complexity index is 493. The summed E-state index contributed by atoms with van der Waals surface area (Å²) < 4.78 is 13.6. The number of nitrogens with zero attached hydrogens (tertiary/aromatic N) is 1. The maximum atomic E-state index is 13.2. The number of nitrogens with two attached hydrogens (primary N) is 1. The summed E-state index contributed by atoms with van der Waals surface area (Å²) in [4.78, 5) is 3.81. The van der Waals surface area contributed by atoms with Crippen molar-refractivity contribution in [2.45, 2.75) is 6.04 Å². The second-order valence-corrected chi connectivity index (χ2v) is 4.25. The monoisotopic (exact) mass is 316 g/mol. The molecule has 1 atom stereocenters. The van der Waals surface area contributed by atoms with Crippen LogP contribution in [-0.4, -0.2) is 4.98 Å². The summed E-state index contributed by atoms with van der Waals surface area (Å²) in [6, 6.07) is 12.4. The molecule has 0 fully saturated rings. The van der Waals surface area contributed by atoms with Gasteiger partial charge in [-0.15, -0.1) is 12.4 Å².